The fraction of sp³-hybridized carbons (Fsp3) is 0.231. The van der Waals surface area contributed by atoms with E-state index >= 15 is 0 Å². The predicted octanol–water partition coefficient (Wildman–Crippen LogP) is 2.08. The van der Waals surface area contributed by atoms with Crippen LogP contribution in [0.4, 0.5) is 5.82 Å². The minimum atomic E-state index is -0.0515. The number of nitrogens with one attached hydrogen (secondary N) is 1. The topological polar surface area (TPSA) is 46.9 Å². The molecule has 0 saturated heterocycles. The number of benzene rings is 1. The molecule has 18 heavy (non-hydrogen) atoms. The molecule has 0 saturated carbocycles. The molecule has 0 unspecified atom stereocenters. The van der Waals surface area contributed by atoms with Crippen molar-refractivity contribution in [2.45, 2.75) is 16.6 Å². The number of aromatic nitrogens is 2. The van der Waals surface area contributed by atoms with E-state index in [4.69, 9.17) is 0 Å². The van der Waals surface area contributed by atoms with Gasteiger partial charge in [-0.1, -0.05) is 18.2 Å². The van der Waals surface area contributed by atoms with E-state index < -0.39 is 0 Å². The van der Waals surface area contributed by atoms with Crippen LogP contribution in [0.1, 0.15) is 5.56 Å². The first-order valence-electron chi connectivity index (χ1n) is 5.77. The van der Waals surface area contributed by atoms with Gasteiger partial charge in [0.05, 0.1) is 5.25 Å². The van der Waals surface area contributed by atoms with Gasteiger partial charge in [-0.15, -0.1) is 11.8 Å². The summed E-state index contributed by atoms with van der Waals surface area (Å²) in [6.07, 6.45) is 2.60. The second-order valence-electron chi connectivity index (χ2n) is 4.28. The summed E-state index contributed by atoms with van der Waals surface area (Å²) in [5, 5.41) is 6.94. The second-order valence-corrected chi connectivity index (χ2v) is 5.53. The lowest BCUT2D eigenvalue weighted by molar-refractivity contribution is -0.115. The van der Waals surface area contributed by atoms with Crippen LogP contribution in [0.5, 0.6) is 0 Å². The van der Waals surface area contributed by atoms with Crippen LogP contribution in [0.25, 0.3) is 0 Å². The number of carbonyl (C=O) groups is 1. The molecule has 1 aromatic carbocycles. The van der Waals surface area contributed by atoms with E-state index in [1.807, 2.05) is 25.4 Å². The quantitative estimate of drug-likeness (QED) is 0.898. The Labute approximate surface area is 109 Å². The third-order valence-corrected chi connectivity index (χ3v) is 4.22. The summed E-state index contributed by atoms with van der Waals surface area (Å²) in [6, 6.07) is 9.96. The lowest BCUT2D eigenvalue weighted by atomic mass is 10.1. The highest BCUT2D eigenvalue weighted by atomic mass is 32.2. The van der Waals surface area contributed by atoms with Crippen molar-refractivity contribution < 1.29 is 4.79 Å². The maximum atomic E-state index is 12.1. The lowest BCUT2D eigenvalue weighted by Crippen LogP contribution is -2.24. The van der Waals surface area contributed by atoms with Crippen molar-refractivity contribution in [2.24, 2.45) is 7.05 Å². The minimum absolute atomic E-state index is 0.0231. The van der Waals surface area contributed by atoms with Crippen LogP contribution in [0.15, 0.2) is 41.4 Å². The number of hydrogen-bond acceptors (Lipinski definition) is 3. The zero-order valence-electron chi connectivity index (χ0n) is 9.96. The van der Waals surface area contributed by atoms with Crippen molar-refractivity contribution in [3.63, 3.8) is 0 Å². The van der Waals surface area contributed by atoms with Crippen LogP contribution in [0.3, 0.4) is 0 Å². The molecule has 92 valence electrons. The van der Waals surface area contributed by atoms with Gasteiger partial charge in [0.15, 0.2) is 5.82 Å². The van der Waals surface area contributed by atoms with Gasteiger partial charge < -0.3 is 5.32 Å². The fourth-order valence-electron chi connectivity index (χ4n) is 2.02. The van der Waals surface area contributed by atoms with Crippen LogP contribution in [-0.4, -0.2) is 20.9 Å². The summed E-state index contributed by atoms with van der Waals surface area (Å²) in [5.41, 5.74) is 1.25. The summed E-state index contributed by atoms with van der Waals surface area (Å²) >= 11 is 1.62. The van der Waals surface area contributed by atoms with Gasteiger partial charge in [0.2, 0.25) is 5.91 Å². The molecule has 0 spiro atoms. The molecule has 0 fully saturated rings. The highest BCUT2D eigenvalue weighted by molar-refractivity contribution is 8.01. The standard InChI is InChI=1S/C13H13N3OS/c1-16-7-6-12(15-16)14-13(17)11-8-9-4-2-3-5-10(9)18-11/h2-7,11H,8H2,1H3,(H,14,15,17)/t11-/m1/s1. The van der Waals surface area contributed by atoms with Crippen molar-refractivity contribution in [3.8, 4) is 0 Å². The highest BCUT2D eigenvalue weighted by Gasteiger charge is 2.28. The van der Waals surface area contributed by atoms with E-state index in [0.29, 0.717) is 5.82 Å². The summed E-state index contributed by atoms with van der Waals surface area (Å²) in [5.74, 6) is 0.633. The number of anilines is 1. The number of aryl methyl sites for hydroxylation is 1. The number of fused-ring (bicyclic) bond motifs is 1. The van der Waals surface area contributed by atoms with E-state index in [-0.39, 0.29) is 11.2 Å². The molecule has 1 aromatic heterocycles. The lowest BCUT2D eigenvalue weighted by Gasteiger charge is -2.07. The van der Waals surface area contributed by atoms with Crippen LogP contribution < -0.4 is 5.32 Å². The fourth-order valence-corrected chi connectivity index (χ4v) is 3.21. The van der Waals surface area contributed by atoms with Crippen molar-refractivity contribution in [2.75, 3.05) is 5.32 Å². The molecule has 1 aliphatic rings. The van der Waals surface area contributed by atoms with Gasteiger partial charge >= 0.3 is 0 Å². The predicted molar refractivity (Wildman–Crippen MR) is 71.6 cm³/mol. The molecule has 1 aliphatic heterocycles. The van der Waals surface area contributed by atoms with Crippen LogP contribution in [-0.2, 0) is 18.3 Å². The van der Waals surface area contributed by atoms with Gasteiger partial charge in [0.25, 0.3) is 0 Å². The minimum Gasteiger partial charge on any atom is -0.308 e. The van der Waals surface area contributed by atoms with Gasteiger partial charge in [0.1, 0.15) is 0 Å². The van der Waals surface area contributed by atoms with Crippen LogP contribution in [0, 0.1) is 0 Å². The Bertz CT molecular complexity index is 568. The smallest absolute Gasteiger partial charge is 0.239 e. The Balaban J connectivity index is 1.69. The van der Waals surface area contributed by atoms with Gasteiger partial charge in [-0.25, -0.2) is 0 Å². The summed E-state index contributed by atoms with van der Waals surface area (Å²) in [6.45, 7) is 0. The zero-order chi connectivity index (χ0) is 12.5. The molecule has 1 N–H and O–H groups in total. The summed E-state index contributed by atoms with van der Waals surface area (Å²) in [7, 11) is 1.83. The maximum Gasteiger partial charge on any atom is 0.239 e. The maximum absolute atomic E-state index is 12.1. The Morgan fingerprint density at radius 1 is 1.44 bits per heavy atom. The third kappa shape index (κ3) is 2.13. The summed E-state index contributed by atoms with van der Waals surface area (Å²) < 4.78 is 1.67. The van der Waals surface area contributed by atoms with Crippen molar-refractivity contribution >= 4 is 23.5 Å². The molecule has 5 heteroatoms. The Kier molecular flexibility index (Phi) is 2.83. The average molecular weight is 259 g/mol. The number of thioether (sulfide) groups is 1. The third-order valence-electron chi connectivity index (χ3n) is 2.90. The molecule has 1 amide bonds. The van der Waals surface area contributed by atoms with E-state index in [0.717, 1.165) is 6.42 Å². The monoisotopic (exact) mass is 259 g/mol. The van der Waals surface area contributed by atoms with E-state index in [2.05, 4.69) is 22.5 Å². The molecule has 2 heterocycles. The molecule has 0 aliphatic carbocycles. The molecule has 1 atom stereocenters. The molecule has 4 nitrogen and oxygen atoms in total. The van der Waals surface area contributed by atoms with Gasteiger partial charge in [0, 0.05) is 24.2 Å². The zero-order valence-corrected chi connectivity index (χ0v) is 10.8. The highest BCUT2D eigenvalue weighted by Crippen LogP contribution is 2.37. The van der Waals surface area contributed by atoms with Crippen molar-refractivity contribution in [1.29, 1.82) is 0 Å². The first-order chi connectivity index (χ1) is 8.72. The number of nitrogens with zero attached hydrogens (tertiary/aromatic N) is 2. The van der Waals surface area contributed by atoms with Crippen molar-refractivity contribution in [3.05, 3.63) is 42.1 Å². The van der Waals surface area contributed by atoms with Gasteiger partial charge in [-0.2, -0.15) is 5.10 Å². The number of rotatable bonds is 2. The number of amides is 1. The van der Waals surface area contributed by atoms with Crippen molar-refractivity contribution in [1.82, 2.24) is 9.78 Å². The number of hydrogen-bond donors (Lipinski definition) is 1. The second kappa shape index (κ2) is 4.49. The van der Waals surface area contributed by atoms with E-state index in [1.54, 1.807) is 22.5 Å². The molecular formula is C13H13N3OS. The number of carbonyl (C=O) groups excluding carboxylic acids is 1. The summed E-state index contributed by atoms with van der Waals surface area (Å²) in [4.78, 5) is 13.3. The first kappa shape index (κ1) is 11.3. The Morgan fingerprint density at radius 3 is 3.00 bits per heavy atom. The molecule has 2 aromatic rings. The van der Waals surface area contributed by atoms with E-state index in [1.165, 1.54) is 10.5 Å². The molecular weight excluding hydrogens is 246 g/mol. The largest absolute Gasteiger partial charge is 0.308 e. The average Bonchev–Trinajstić information content (AvgIpc) is 2.95. The van der Waals surface area contributed by atoms with E-state index in [9.17, 15) is 4.79 Å². The normalized spacial score (nSPS) is 17.5. The SMILES string of the molecule is Cn1ccc(NC(=O)[C@H]2Cc3ccccc3S2)n1. The Hall–Kier alpha value is -1.75. The Morgan fingerprint density at radius 2 is 2.28 bits per heavy atom. The molecule has 0 bridgehead atoms. The molecule has 3 rings (SSSR count). The van der Waals surface area contributed by atoms with Gasteiger partial charge in [-0.3, -0.25) is 9.48 Å². The van der Waals surface area contributed by atoms with Gasteiger partial charge in [-0.05, 0) is 18.1 Å². The van der Waals surface area contributed by atoms with Crippen LogP contribution >= 0.6 is 11.8 Å². The first-order valence-corrected chi connectivity index (χ1v) is 6.65. The van der Waals surface area contributed by atoms with Crippen LogP contribution in [0.2, 0.25) is 0 Å². The molecule has 0 radical (unpaired) electrons.